The van der Waals surface area contributed by atoms with Crippen LogP contribution in [0.25, 0.3) is 0 Å². The van der Waals surface area contributed by atoms with Crippen LogP contribution in [0, 0.1) is 6.92 Å². The van der Waals surface area contributed by atoms with Gasteiger partial charge in [0.2, 0.25) is 0 Å². The van der Waals surface area contributed by atoms with E-state index >= 15 is 0 Å². The molecule has 90 valence electrons. The molecule has 0 unspecified atom stereocenters. The number of aryl methyl sites for hydroxylation is 1. The van der Waals surface area contributed by atoms with Crippen molar-refractivity contribution in [3.8, 4) is 5.75 Å². The fourth-order valence-corrected chi connectivity index (χ4v) is 1.38. The molecule has 1 aromatic carbocycles. The molecule has 0 aliphatic heterocycles. The Balaban J connectivity index is 0.00000225. The molecule has 0 radical (unpaired) electrons. The van der Waals surface area contributed by atoms with Crippen LogP contribution >= 0.6 is 12.4 Å². The van der Waals surface area contributed by atoms with Crippen molar-refractivity contribution in [3.05, 3.63) is 29.3 Å². The van der Waals surface area contributed by atoms with Crippen molar-refractivity contribution in [2.24, 2.45) is 5.73 Å². The number of halogens is 1. The molecule has 0 aromatic heterocycles. The smallest absolute Gasteiger partial charge is 0.322 e. The van der Waals surface area contributed by atoms with E-state index in [1.165, 1.54) is 7.11 Å². The summed E-state index contributed by atoms with van der Waals surface area (Å²) >= 11 is 0. The van der Waals surface area contributed by atoms with Gasteiger partial charge >= 0.3 is 5.97 Å². The molecule has 0 saturated heterocycles. The van der Waals surface area contributed by atoms with Crippen LogP contribution in [0.1, 0.15) is 11.1 Å². The first-order chi connectivity index (χ1) is 7.04. The Bertz CT molecular complexity index is 368. The average molecular weight is 246 g/mol. The number of esters is 1. The van der Waals surface area contributed by atoms with E-state index in [1.807, 2.05) is 6.92 Å². The number of benzene rings is 1. The van der Waals surface area contributed by atoms with Gasteiger partial charge in [0.1, 0.15) is 11.8 Å². The molecule has 5 heteroatoms. The third-order valence-corrected chi connectivity index (χ3v) is 2.27. The highest BCUT2D eigenvalue weighted by Gasteiger charge is 2.15. The van der Waals surface area contributed by atoms with Crippen molar-refractivity contribution in [2.45, 2.75) is 19.4 Å². The van der Waals surface area contributed by atoms with E-state index in [0.717, 1.165) is 11.1 Å². The molecule has 0 bridgehead atoms. The normalized spacial score (nSPS) is 11.4. The van der Waals surface area contributed by atoms with Gasteiger partial charge in [-0.1, -0.05) is 6.07 Å². The van der Waals surface area contributed by atoms with Crippen molar-refractivity contribution in [3.63, 3.8) is 0 Å². The van der Waals surface area contributed by atoms with Crippen molar-refractivity contribution >= 4 is 18.4 Å². The van der Waals surface area contributed by atoms with Crippen LogP contribution in [0.4, 0.5) is 0 Å². The highest BCUT2D eigenvalue weighted by Crippen LogP contribution is 2.16. The zero-order chi connectivity index (χ0) is 11.4. The predicted octanol–water partition coefficient (Wildman–Crippen LogP) is 1.17. The van der Waals surface area contributed by atoms with Crippen LogP contribution in [0.3, 0.4) is 0 Å². The minimum absolute atomic E-state index is 0. The topological polar surface area (TPSA) is 72.5 Å². The van der Waals surface area contributed by atoms with Crippen LogP contribution in [-0.2, 0) is 16.0 Å². The standard InChI is InChI=1S/C11H15NO3.ClH/c1-7-5-9(13)4-3-8(7)6-10(12)11(14)15-2;/h3-5,10,13H,6,12H2,1-2H3;1H/t10-;/m0./s1. The fraction of sp³-hybridized carbons (Fsp3) is 0.364. The Labute approximate surface area is 101 Å². The number of phenolic OH excluding ortho intramolecular Hbond substituents is 1. The summed E-state index contributed by atoms with van der Waals surface area (Å²) in [6, 6.07) is 4.32. The van der Waals surface area contributed by atoms with Gasteiger partial charge in [0.05, 0.1) is 7.11 Å². The molecule has 0 aliphatic carbocycles. The molecule has 16 heavy (non-hydrogen) atoms. The Morgan fingerprint density at radius 1 is 1.56 bits per heavy atom. The Hall–Kier alpha value is -1.26. The molecule has 0 saturated carbocycles. The summed E-state index contributed by atoms with van der Waals surface area (Å²) in [5.74, 6) is -0.217. The number of nitrogens with two attached hydrogens (primary N) is 1. The molecule has 3 N–H and O–H groups in total. The van der Waals surface area contributed by atoms with E-state index in [-0.39, 0.29) is 18.2 Å². The number of phenols is 1. The molecule has 0 spiro atoms. The summed E-state index contributed by atoms with van der Waals surface area (Å²) in [6.45, 7) is 1.86. The maximum atomic E-state index is 11.1. The predicted molar refractivity (Wildman–Crippen MR) is 63.8 cm³/mol. The molecule has 0 amide bonds. The number of hydrogen-bond acceptors (Lipinski definition) is 4. The number of methoxy groups -OCH3 is 1. The van der Waals surface area contributed by atoms with Crippen molar-refractivity contribution in [1.29, 1.82) is 0 Å². The summed E-state index contributed by atoms with van der Waals surface area (Å²) in [6.07, 6.45) is 0.415. The van der Waals surface area contributed by atoms with Gasteiger partial charge < -0.3 is 15.6 Å². The van der Waals surface area contributed by atoms with Gasteiger partial charge in [-0.25, -0.2) is 0 Å². The Morgan fingerprint density at radius 3 is 2.69 bits per heavy atom. The van der Waals surface area contributed by atoms with Crippen LogP contribution < -0.4 is 5.73 Å². The van der Waals surface area contributed by atoms with Crippen molar-refractivity contribution < 1.29 is 14.6 Å². The van der Waals surface area contributed by atoms with E-state index in [4.69, 9.17) is 5.73 Å². The number of aromatic hydroxyl groups is 1. The minimum Gasteiger partial charge on any atom is -0.508 e. The summed E-state index contributed by atoms with van der Waals surface area (Å²) in [5.41, 5.74) is 7.48. The largest absolute Gasteiger partial charge is 0.508 e. The Kier molecular flexibility index (Phi) is 5.85. The van der Waals surface area contributed by atoms with Gasteiger partial charge in [0.25, 0.3) is 0 Å². The second-order valence-electron chi connectivity index (χ2n) is 3.44. The number of rotatable bonds is 3. The SMILES string of the molecule is COC(=O)[C@@H](N)Cc1ccc(O)cc1C.Cl. The van der Waals surface area contributed by atoms with Crippen molar-refractivity contribution in [1.82, 2.24) is 0 Å². The van der Waals surface area contributed by atoms with Crippen molar-refractivity contribution in [2.75, 3.05) is 7.11 Å². The highest BCUT2D eigenvalue weighted by molar-refractivity contribution is 5.85. The molecule has 1 rings (SSSR count). The number of carbonyl (C=O) groups is 1. The van der Waals surface area contributed by atoms with Gasteiger partial charge in [0.15, 0.2) is 0 Å². The average Bonchev–Trinajstić information content (AvgIpc) is 2.20. The first kappa shape index (κ1) is 14.7. The second kappa shape index (κ2) is 6.35. The molecule has 1 aromatic rings. The quantitative estimate of drug-likeness (QED) is 0.784. The maximum absolute atomic E-state index is 11.1. The van der Waals surface area contributed by atoms with Gasteiger partial charge in [-0.15, -0.1) is 12.4 Å². The Morgan fingerprint density at radius 2 is 2.19 bits per heavy atom. The molecule has 0 aliphatic rings. The van der Waals surface area contributed by atoms with E-state index < -0.39 is 12.0 Å². The zero-order valence-corrected chi connectivity index (χ0v) is 10.1. The first-order valence-corrected chi connectivity index (χ1v) is 4.66. The van der Waals surface area contributed by atoms with E-state index in [2.05, 4.69) is 4.74 Å². The maximum Gasteiger partial charge on any atom is 0.322 e. The minimum atomic E-state index is -0.654. The molecular formula is C11H16ClNO3. The van der Waals surface area contributed by atoms with E-state index in [9.17, 15) is 9.90 Å². The van der Waals surface area contributed by atoms with Gasteiger partial charge in [-0.2, -0.15) is 0 Å². The molecular weight excluding hydrogens is 230 g/mol. The number of hydrogen-bond donors (Lipinski definition) is 2. The lowest BCUT2D eigenvalue weighted by Crippen LogP contribution is -2.33. The van der Waals surface area contributed by atoms with Crippen LogP contribution in [0.5, 0.6) is 5.75 Å². The van der Waals surface area contributed by atoms with E-state index in [1.54, 1.807) is 18.2 Å². The molecule has 1 atom stereocenters. The van der Waals surface area contributed by atoms with Gasteiger partial charge in [-0.05, 0) is 36.6 Å². The molecule has 4 nitrogen and oxygen atoms in total. The highest BCUT2D eigenvalue weighted by atomic mass is 35.5. The second-order valence-corrected chi connectivity index (χ2v) is 3.44. The fourth-order valence-electron chi connectivity index (χ4n) is 1.38. The van der Waals surface area contributed by atoms with Crippen LogP contribution in [0.2, 0.25) is 0 Å². The van der Waals surface area contributed by atoms with Crippen LogP contribution in [0.15, 0.2) is 18.2 Å². The summed E-state index contributed by atoms with van der Waals surface area (Å²) in [7, 11) is 1.31. The van der Waals surface area contributed by atoms with Gasteiger partial charge in [0, 0.05) is 0 Å². The third-order valence-electron chi connectivity index (χ3n) is 2.27. The summed E-state index contributed by atoms with van der Waals surface area (Å²) < 4.78 is 4.53. The number of carbonyl (C=O) groups excluding carboxylic acids is 1. The zero-order valence-electron chi connectivity index (χ0n) is 9.27. The molecule has 0 fully saturated rings. The monoisotopic (exact) mass is 245 g/mol. The lowest BCUT2D eigenvalue weighted by molar-refractivity contribution is -0.142. The van der Waals surface area contributed by atoms with E-state index in [0.29, 0.717) is 6.42 Å². The van der Waals surface area contributed by atoms with Gasteiger partial charge in [-0.3, -0.25) is 4.79 Å². The summed E-state index contributed by atoms with van der Waals surface area (Å²) in [4.78, 5) is 11.1. The summed E-state index contributed by atoms with van der Waals surface area (Å²) in [5, 5.41) is 9.20. The lowest BCUT2D eigenvalue weighted by atomic mass is 10.0. The lowest BCUT2D eigenvalue weighted by Gasteiger charge is -2.11. The molecule has 0 heterocycles. The first-order valence-electron chi connectivity index (χ1n) is 4.66. The van der Waals surface area contributed by atoms with Crippen LogP contribution in [-0.4, -0.2) is 24.2 Å². The number of ether oxygens (including phenoxy) is 1. The third kappa shape index (κ3) is 3.72.